The molecule has 106 valence electrons. The Morgan fingerprint density at radius 2 is 2.10 bits per heavy atom. The average molecular weight is 293 g/mol. The number of ether oxygens (including phenoxy) is 1. The Morgan fingerprint density at radius 3 is 2.70 bits per heavy atom. The lowest BCUT2D eigenvalue weighted by Crippen LogP contribution is -2.25. The molecule has 0 spiro atoms. The fourth-order valence-electron chi connectivity index (χ4n) is 1.50. The van der Waals surface area contributed by atoms with E-state index in [1.54, 1.807) is 0 Å². The van der Waals surface area contributed by atoms with Crippen LogP contribution in [-0.2, 0) is 4.79 Å². The molecular weight excluding hydrogens is 278 g/mol. The third-order valence-corrected chi connectivity index (χ3v) is 2.94. The molecule has 0 fully saturated rings. The van der Waals surface area contributed by atoms with Crippen LogP contribution < -0.4 is 10.1 Å². The maximum Gasteiger partial charge on any atom is 0.276 e. The summed E-state index contributed by atoms with van der Waals surface area (Å²) in [5.74, 6) is 1.15. The van der Waals surface area contributed by atoms with Gasteiger partial charge in [-0.3, -0.25) is 4.79 Å². The Morgan fingerprint density at radius 1 is 1.35 bits per heavy atom. The summed E-state index contributed by atoms with van der Waals surface area (Å²) in [6, 6.07) is 7.36. The molecule has 0 saturated carbocycles. The quantitative estimate of drug-likeness (QED) is 0.648. The van der Waals surface area contributed by atoms with E-state index >= 15 is 0 Å². The van der Waals surface area contributed by atoms with Gasteiger partial charge in [0.2, 0.25) is 11.8 Å². The van der Waals surface area contributed by atoms with Crippen LogP contribution in [0.25, 0.3) is 11.5 Å². The molecule has 0 radical (unpaired) electrons. The van der Waals surface area contributed by atoms with Crippen LogP contribution in [0.4, 0.5) is 0 Å². The zero-order valence-electron chi connectivity index (χ0n) is 11.3. The van der Waals surface area contributed by atoms with E-state index in [2.05, 4.69) is 15.5 Å². The summed E-state index contributed by atoms with van der Waals surface area (Å²) in [6.07, 6.45) is 1.88. The van der Waals surface area contributed by atoms with Gasteiger partial charge < -0.3 is 14.5 Å². The highest BCUT2D eigenvalue weighted by Crippen LogP contribution is 2.23. The van der Waals surface area contributed by atoms with Crippen LogP contribution in [-0.4, -0.2) is 35.5 Å². The first-order valence-corrected chi connectivity index (χ1v) is 7.26. The maximum absolute atomic E-state index is 10.7. The molecule has 1 aromatic heterocycles. The van der Waals surface area contributed by atoms with Crippen molar-refractivity contribution >= 4 is 17.7 Å². The summed E-state index contributed by atoms with van der Waals surface area (Å²) in [6.45, 7) is 2.38. The third-order valence-electron chi connectivity index (χ3n) is 2.43. The molecule has 2 aromatic rings. The SMILES string of the molecule is CSc1nnc(-c2ccc(OCCNC(C)=O)cc2)o1. The molecule has 0 saturated heterocycles. The zero-order valence-corrected chi connectivity index (χ0v) is 12.1. The zero-order chi connectivity index (χ0) is 14.4. The summed E-state index contributed by atoms with van der Waals surface area (Å²) in [5, 5.41) is 11.0. The van der Waals surface area contributed by atoms with Crippen LogP contribution in [0.3, 0.4) is 0 Å². The largest absolute Gasteiger partial charge is 0.492 e. The van der Waals surface area contributed by atoms with E-state index in [9.17, 15) is 4.79 Å². The van der Waals surface area contributed by atoms with Gasteiger partial charge >= 0.3 is 0 Å². The number of carbonyl (C=O) groups excluding carboxylic acids is 1. The number of aromatic nitrogens is 2. The van der Waals surface area contributed by atoms with Crippen LogP contribution in [0.15, 0.2) is 33.9 Å². The van der Waals surface area contributed by atoms with E-state index < -0.39 is 0 Å². The van der Waals surface area contributed by atoms with Gasteiger partial charge in [-0.15, -0.1) is 10.2 Å². The molecular formula is C13H15N3O3S. The van der Waals surface area contributed by atoms with Crippen LogP contribution >= 0.6 is 11.8 Å². The molecule has 0 unspecified atom stereocenters. The van der Waals surface area contributed by atoms with Crippen LogP contribution in [0.1, 0.15) is 6.92 Å². The van der Waals surface area contributed by atoms with Gasteiger partial charge in [0.05, 0.1) is 6.54 Å². The fourth-order valence-corrected chi connectivity index (χ4v) is 1.78. The number of thioether (sulfide) groups is 1. The van der Waals surface area contributed by atoms with Crippen molar-refractivity contribution < 1.29 is 13.9 Å². The van der Waals surface area contributed by atoms with Crippen molar-refractivity contribution in [1.82, 2.24) is 15.5 Å². The number of nitrogens with one attached hydrogen (secondary N) is 1. The Hall–Kier alpha value is -2.02. The van der Waals surface area contributed by atoms with Crippen molar-refractivity contribution in [2.24, 2.45) is 0 Å². The maximum atomic E-state index is 10.7. The molecule has 1 amide bonds. The van der Waals surface area contributed by atoms with Gasteiger partial charge in [-0.2, -0.15) is 0 Å². The highest BCUT2D eigenvalue weighted by molar-refractivity contribution is 7.98. The van der Waals surface area contributed by atoms with Crippen molar-refractivity contribution in [3.05, 3.63) is 24.3 Å². The van der Waals surface area contributed by atoms with Gasteiger partial charge in [-0.1, -0.05) is 11.8 Å². The van der Waals surface area contributed by atoms with Crippen LogP contribution in [0.5, 0.6) is 5.75 Å². The number of benzene rings is 1. The second-order valence-electron chi connectivity index (χ2n) is 3.93. The second-order valence-corrected chi connectivity index (χ2v) is 4.69. The van der Waals surface area contributed by atoms with E-state index in [1.165, 1.54) is 18.7 Å². The number of hydrogen-bond donors (Lipinski definition) is 1. The van der Waals surface area contributed by atoms with E-state index in [0.29, 0.717) is 24.3 Å². The molecule has 20 heavy (non-hydrogen) atoms. The third kappa shape index (κ3) is 3.99. The molecule has 0 bridgehead atoms. The number of amides is 1. The number of rotatable bonds is 6. The topological polar surface area (TPSA) is 77.3 Å². The lowest BCUT2D eigenvalue weighted by atomic mass is 10.2. The summed E-state index contributed by atoms with van der Waals surface area (Å²) in [4.78, 5) is 10.7. The Kier molecular flexibility index (Phi) is 5.00. The summed E-state index contributed by atoms with van der Waals surface area (Å²) in [7, 11) is 0. The van der Waals surface area contributed by atoms with Crippen molar-refractivity contribution in [2.45, 2.75) is 12.1 Å². The molecule has 0 aliphatic carbocycles. The highest BCUT2D eigenvalue weighted by Gasteiger charge is 2.07. The van der Waals surface area contributed by atoms with Crippen molar-refractivity contribution in [3.8, 4) is 17.2 Å². The predicted octanol–water partition coefficient (Wildman–Crippen LogP) is 1.97. The first kappa shape index (κ1) is 14.4. The smallest absolute Gasteiger partial charge is 0.276 e. The minimum absolute atomic E-state index is 0.0649. The number of hydrogen-bond acceptors (Lipinski definition) is 6. The minimum atomic E-state index is -0.0649. The second kappa shape index (κ2) is 6.95. The monoisotopic (exact) mass is 293 g/mol. The predicted molar refractivity (Wildman–Crippen MR) is 75.7 cm³/mol. The average Bonchev–Trinajstić information content (AvgIpc) is 2.93. The fraction of sp³-hybridized carbons (Fsp3) is 0.308. The minimum Gasteiger partial charge on any atom is -0.492 e. The normalized spacial score (nSPS) is 10.3. The Bertz CT molecular complexity index is 568. The molecule has 7 heteroatoms. The number of carbonyl (C=O) groups is 1. The number of nitrogens with zero attached hydrogens (tertiary/aromatic N) is 2. The first-order chi connectivity index (χ1) is 9.69. The van der Waals surface area contributed by atoms with Gasteiger partial charge in [0.25, 0.3) is 5.22 Å². The van der Waals surface area contributed by atoms with E-state index in [0.717, 1.165) is 11.3 Å². The molecule has 6 nitrogen and oxygen atoms in total. The lowest BCUT2D eigenvalue weighted by molar-refractivity contribution is -0.119. The van der Waals surface area contributed by atoms with Gasteiger partial charge in [0.1, 0.15) is 12.4 Å². The molecule has 1 heterocycles. The van der Waals surface area contributed by atoms with Gasteiger partial charge in [-0.25, -0.2) is 0 Å². The molecule has 2 rings (SSSR count). The standard InChI is InChI=1S/C13H15N3O3S/c1-9(17)14-7-8-18-11-5-3-10(4-6-11)12-15-16-13(19-12)20-2/h3-6H,7-8H2,1-2H3,(H,14,17). The van der Waals surface area contributed by atoms with Crippen LogP contribution in [0.2, 0.25) is 0 Å². The van der Waals surface area contributed by atoms with Gasteiger partial charge in [0.15, 0.2) is 0 Å². The molecule has 0 aliphatic heterocycles. The van der Waals surface area contributed by atoms with Gasteiger partial charge in [0, 0.05) is 12.5 Å². The van der Waals surface area contributed by atoms with E-state index in [-0.39, 0.29) is 5.91 Å². The molecule has 1 N–H and O–H groups in total. The first-order valence-electron chi connectivity index (χ1n) is 6.04. The lowest BCUT2D eigenvalue weighted by Gasteiger charge is -2.06. The van der Waals surface area contributed by atoms with E-state index in [4.69, 9.17) is 9.15 Å². The highest BCUT2D eigenvalue weighted by atomic mass is 32.2. The van der Waals surface area contributed by atoms with Crippen LogP contribution in [0, 0.1) is 0 Å². The van der Waals surface area contributed by atoms with E-state index in [1.807, 2.05) is 30.5 Å². The summed E-state index contributed by atoms with van der Waals surface area (Å²) in [5.41, 5.74) is 0.840. The van der Waals surface area contributed by atoms with Gasteiger partial charge in [-0.05, 0) is 30.5 Å². The molecule has 0 aliphatic rings. The molecule has 1 aromatic carbocycles. The Labute approximate surface area is 120 Å². The van der Waals surface area contributed by atoms with Crippen molar-refractivity contribution in [3.63, 3.8) is 0 Å². The summed E-state index contributed by atoms with van der Waals surface area (Å²) >= 11 is 1.40. The van der Waals surface area contributed by atoms with Crippen molar-refractivity contribution in [2.75, 3.05) is 19.4 Å². The summed E-state index contributed by atoms with van der Waals surface area (Å²) < 4.78 is 10.9. The Balaban J connectivity index is 1.91. The van der Waals surface area contributed by atoms with Crippen molar-refractivity contribution in [1.29, 1.82) is 0 Å². The molecule has 0 atom stereocenters.